The minimum absolute atomic E-state index is 0.0379. The number of amides is 2. The molecule has 0 radical (unpaired) electrons. The van der Waals surface area contributed by atoms with Crippen LogP contribution in [0.1, 0.15) is 22.8 Å². The number of hydrazine groups is 1. The second kappa shape index (κ2) is 10.4. The zero-order valence-corrected chi connectivity index (χ0v) is 17.9. The second-order valence-corrected chi connectivity index (χ2v) is 7.05. The van der Waals surface area contributed by atoms with Gasteiger partial charge in [-0.1, -0.05) is 18.2 Å². The average Bonchev–Trinajstić information content (AvgIpc) is 2.86. The maximum absolute atomic E-state index is 12.6. The van der Waals surface area contributed by atoms with E-state index in [2.05, 4.69) is 15.8 Å². The third-order valence-electron chi connectivity index (χ3n) is 4.72. The molecular formula is C24H23N3O6. The maximum Gasteiger partial charge on any atom is 0.283 e. The molecule has 0 bridgehead atoms. The van der Waals surface area contributed by atoms with Crippen molar-refractivity contribution in [3.8, 4) is 23.0 Å². The predicted molar refractivity (Wildman–Crippen MR) is 118 cm³/mol. The number of carbonyl (C=O) groups excluding carboxylic acids is 2. The summed E-state index contributed by atoms with van der Waals surface area (Å²) < 4.78 is 22.6. The van der Waals surface area contributed by atoms with Crippen molar-refractivity contribution in [2.75, 3.05) is 13.2 Å². The average molecular weight is 449 g/mol. The van der Waals surface area contributed by atoms with Gasteiger partial charge in [-0.2, -0.15) is 0 Å². The van der Waals surface area contributed by atoms with E-state index in [-0.39, 0.29) is 6.61 Å². The van der Waals surface area contributed by atoms with Crippen molar-refractivity contribution >= 4 is 11.8 Å². The third-order valence-corrected chi connectivity index (χ3v) is 4.72. The number of hydrogen-bond donors (Lipinski definition) is 2. The summed E-state index contributed by atoms with van der Waals surface area (Å²) in [7, 11) is 0. The van der Waals surface area contributed by atoms with Gasteiger partial charge in [-0.15, -0.1) is 0 Å². The van der Waals surface area contributed by atoms with Crippen molar-refractivity contribution in [3.05, 3.63) is 78.1 Å². The van der Waals surface area contributed by atoms with Gasteiger partial charge in [0.05, 0.1) is 6.61 Å². The Bertz CT molecular complexity index is 1120. The second-order valence-electron chi connectivity index (χ2n) is 7.05. The number of aromatic nitrogens is 1. The largest absolute Gasteiger partial charge is 0.490 e. The van der Waals surface area contributed by atoms with Crippen LogP contribution in [0.15, 0.2) is 67.0 Å². The summed E-state index contributed by atoms with van der Waals surface area (Å²) in [4.78, 5) is 29.0. The smallest absolute Gasteiger partial charge is 0.283 e. The van der Waals surface area contributed by atoms with E-state index < -0.39 is 17.9 Å². The molecule has 1 aromatic heterocycles. The van der Waals surface area contributed by atoms with Gasteiger partial charge in [-0.25, -0.2) is 0 Å². The molecule has 9 heteroatoms. The molecule has 1 aliphatic rings. The minimum atomic E-state index is -0.887. The molecule has 4 rings (SSSR count). The Kier molecular flexibility index (Phi) is 6.89. The number of fused-ring (bicyclic) bond motifs is 1. The molecule has 0 saturated heterocycles. The zero-order chi connectivity index (χ0) is 23.0. The van der Waals surface area contributed by atoms with Crippen LogP contribution in [0.4, 0.5) is 0 Å². The van der Waals surface area contributed by atoms with Gasteiger partial charge in [-0.3, -0.25) is 25.4 Å². The highest BCUT2D eigenvalue weighted by Crippen LogP contribution is 2.31. The maximum atomic E-state index is 12.6. The van der Waals surface area contributed by atoms with E-state index in [1.807, 2.05) is 25.1 Å². The number of ether oxygens (including phenoxy) is 4. The first kappa shape index (κ1) is 21.9. The number of carbonyl (C=O) groups is 2. The molecule has 0 spiro atoms. The highest BCUT2D eigenvalue weighted by Gasteiger charge is 2.27. The van der Waals surface area contributed by atoms with Crippen LogP contribution in [-0.4, -0.2) is 36.1 Å². The number of para-hydroxylation sites is 2. The number of nitrogens with zero attached hydrogens (tertiary/aromatic N) is 1. The van der Waals surface area contributed by atoms with Gasteiger partial charge >= 0.3 is 0 Å². The van der Waals surface area contributed by atoms with E-state index in [1.165, 1.54) is 0 Å². The zero-order valence-electron chi connectivity index (χ0n) is 17.9. The molecule has 1 aliphatic heterocycles. The fourth-order valence-corrected chi connectivity index (χ4v) is 3.10. The van der Waals surface area contributed by atoms with E-state index >= 15 is 0 Å². The highest BCUT2D eigenvalue weighted by molar-refractivity contribution is 5.96. The highest BCUT2D eigenvalue weighted by atomic mass is 16.6. The molecular weight excluding hydrogens is 426 g/mol. The van der Waals surface area contributed by atoms with E-state index in [0.717, 1.165) is 5.56 Å². The van der Waals surface area contributed by atoms with Crippen LogP contribution in [0, 0.1) is 0 Å². The van der Waals surface area contributed by atoms with E-state index in [0.29, 0.717) is 41.8 Å². The summed E-state index contributed by atoms with van der Waals surface area (Å²) in [5.41, 5.74) is 5.95. The Morgan fingerprint density at radius 3 is 2.67 bits per heavy atom. The summed E-state index contributed by atoms with van der Waals surface area (Å²) in [6.07, 6.45) is 2.51. The molecule has 0 fully saturated rings. The topological polar surface area (TPSA) is 108 Å². The van der Waals surface area contributed by atoms with Crippen molar-refractivity contribution in [1.82, 2.24) is 15.8 Å². The quantitative estimate of drug-likeness (QED) is 0.534. The van der Waals surface area contributed by atoms with Gasteiger partial charge in [0.1, 0.15) is 13.2 Å². The molecule has 0 aliphatic carbocycles. The van der Waals surface area contributed by atoms with Crippen molar-refractivity contribution < 1.29 is 28.5 Å². The number of hydrogen-bond acceptors (Lipinski definition) is 7. The van der Waals surface area contributed by atoms with Crippen LogP contribution in [0.3, 0.4) is 0 Å². The van der Waals surface area contributed by atoms with Gasteiger partial charge in [0, 0.05) is 23.5 Å². The first-order chi connectivity index (χ1) is 16.1. The molecule has 2 N–H and O–H groups in total. The Morgan fingerprint density at radius 2 is 1.88 bits per heavy atom. The van der Waals surface area contributed by atoms with Crippen LogP contribution < -0.4 is 29.8 Å². The predicted octanol–water partition coefficient (Wildman–Crippen LogP) is 2.66. The monoisotopic (exact) mass is 449 g/mol. The van der Waals surface area contributed by atoms with E-state index in [1.54, 1.807) is 48.8 Å². The minimum Gasteiger partial charge on any atom is -0.490 e. The van der Waals surface area contributed by atoms with Crippen LogP contribution in [0.25, 0.3) is 0 Å². The van der Waals surface area contributed by atoms with Crippen LogP contribution in [-0.2, 0) is 11.4 Å². The fourth-order valence-electron chi connectivity index (χ4n) is 3.10. The fraction of sp³-hybridized carbons (Fsp3) is 0.208. The SMILES string of the molecule is CCOc1cc(C(=O)NNC(=O)C2COc3ccccc3O2)ccc1OCc1cccnc1. The van der Waals surface area contributed by atoms with Crippen LogP contribution >= 0.6 is 0 Å². The molecule has 2 amide bonds. The lowest BCUT2D eigenvalue weighted by molar-refractivity contribution is -0.131. The lowest BCUT2D eigenvalue weighted by atomic mass is 10.2. The molecule has 9 nitrogen and oxygen atoms in total. The molecule has 1 unspecified atom stereocenters. The lowest BCUT2D eigenvalue weighted by Gasteiger charge is -2.25. The molecule has 33 heavy (non-hydrogen) atoms. The summed E-state index contributed by atoms with van der Waals surface area (Å²) in [6, 6.07) is 15.6. The Balaban J connectivity index is 1.35. The summed E-state index contributed by atoms with van der Waals surface area (Å²) >= 11 is 0. The number of rotatable bonds is 7. The Morgan fingerprint density at radius 1 is 1.03 bits per heavy atom. The number of benzene rings is 2. The third kappa shape index (κ3) is 5.51. The van der Waals surface area contributed by atoms with Gasteiger partial charge in [-0.05, 0) is 43.3 Å². The number of pyridine rings is 1. The molecule has 2 heterocycles. The van der Waals surface area contributed by atoms with Crippen molar-refractivity contribution in [2.24, 2.45) is 0 Å². The van der Waals surface area contributed by atoms with Gasteiger partial charge in [0.25, 0.3) is 11.8 Å². The Labute approximate surface area is 190 Å². The molecule has 2 aromatic carbocycles. The van der Waals surface area contributed by atoms with Crippen molar-refractivity contribution in [2.45, 2.75) is 19.6 Å². The van der Waals surface area contributed by atoms with Gasteiger partial charge in [0.2, 0.25) is 6.10 Å². The van der Waals surface area contributed by atoms with Gasteiger partial charge < -0.3 is 18.9 Å². The molecule has 170 valence electrons. The number of nitrogens with one attached hydrogen (secondary N) is 2. The summed E-state index contributed by atoms with van der Waals surface area (Å²) in [6.45, 7) is 2.58. The lowest BCUT2D eigenvalue weighted by Crippen LogP contribution is -2.50. The standard InChI is InChI=1S/C24H23N3O6/c1-2-30-21-12-17(9-10-19(21)31-14-16-6-5-11-25-13-16)23(28)26-27-24(29)22-15-32-18-7-3-4-8-20(18)33-22/h3-13,22H,2,14-15H2,1H3,(H,26,28)(H,27,29). The van der Waals surface area contributed by atoms with Crippen LogP contribution in [0.2, 0.25) is 0 Å². The van der Waals surface area contributed by atoms with Crippen LogP contribution in [0.5, 0.6) is 23.0 Å². The van der Waals surface area contributed by atoms with Crippen molar-refractivity contribution in [3.63, 3.8) is 0 Å². The normalized spacial score (nSPS) is 14.2. The Hall–Kier alpha value is -4.27. The molecule has 0 saturated carbocycles. The van der Waals surface area contributed by atoms with E-state index in [9.17, 15) is 9.59 Å². The van der Waals surface area contributed by atoms with Crippen molar-refractivity contribution in [1.29, 1.82) is 0 Å². The summed E-state index contributed by atoms with van der Waals surface area (Å²) in [5, 5.41) is 0. The first-order valence-electron chi connectivity index (χ1n) is 10.4. The van der Waals surface area contributed by atoms with E-state index in [4.69, 9.17) is 18.9 Å². The van der Waals surface area contributed by atoms with Gasteiger partial charge in [0.15, 0.2) is 23.0 Å². The molecule has 1 atom stereocenters. The first-order valence-corrected chi connectivity index (χ1v) is 10.4. The summed E-state index contributed by atoms with van der Waals surface area (Å²) in [5.74, 6) is 0.909. The molecule has 3 aromatic rings.